The van der Waals surface area contributed by atoms with Gasteiger partial charge in [0.25, 0.3) is 0 Å². The molecule has 1 aromatic heterocycles. The third-order valence-corrected chi connectivity index (χ3v) is 5.40. The minimum absolute atomic E-state index is 0.294. The number of carbonyl (C=O) groups is 1. The van der Waals surface area contributed by atoms with Gasteiger partial charge in [-0.3, -0.25) is 10.2 Å². The Hall–Kier alpha value is -3.58. The summed E-state index contributed by atoms with van der Waals surface area (Å²) in [6.07, 6.45) is 0. The Kier molecular flexibility index (Phi) is 5.31. The molecule has 3 N–H and O–H groups in total. The second-order valence-corrected chi connectivity index (χ2v) is 7.44. The molecule has 3 aromatic carbocycles. The van der Waals surface area contributed by atoms with Gasteiger partial charge in [0, 0.05) is 0 Å². The number of urea groups is 1. The zero-order chi connectivity index (χ0) is 20.2. The number of thiazole rings is 1. The molecule has 29 heavy (non-hydrogen) atoms. The maximum atomic E-state index is 13.2. The van der Waals surface area contributed by atoms with Crippen molar-refractivity contribution < 1.29 is 9.53 Å². The first kappa shape index (κ1) is 18.8. The number of nitrogens with zero attached hydrogens (tertiary/aromatic N) is 2. The monoisotopic (exact) mass is 404 g/mol. The van der Waals surface area contributed by atoms with Gasteiger partial charge in [0.05, 0.1) is 35.2 Å². The number of aromatic nitrogens is 1. The van der Waals surface area contributed by atoms with Crippen molar-refractivity contribution >= 4 is 44.1 Å². The predicted molar refractivity (Wildman–Crippen MR) is 119 cm³/mol. The van der Waals surface area contributed by atoms with Crippen LogP contribution < -0.4 is 20.7 Å². The summed E-state index contributed by atoms with van der Waals surface area (Å²) < 4.78 is 6.20. The Labute approximate surface area is 172 Å². The Morgan fingerprint density at radius 3 is 2.62 bits per heavy atom. The summed E-state index contributed by atoms with van der Waals surface area (Å²) in [6, 6.07) is 22.4. The van der Waals surface area contributed by atoms with Crippen LogP contribution in [0.25, 0.3) is 10.2 Å². The average Bonchev–Trinajstić information content (AvgIpc) is 3.14. The smallest absolute Gasteiger partial charge is 0.328 e. The number of benzene rings is 3. The third-order valence-electron chi connectivity index (χ3n) is 4.47. The van der Waals surface area contributed by atoms with Crippen molar-refractivity contribution in [2.75, 3.05) is 23.1 Å². The zero-order valence-electron chi connectivity index (χ0n) is 15.8. The largest absolute Gasteiger partial charge is 0.497 e. The molecule has 4 aromatic rings. The van der Waals surface area contributed by atoms with Crippen LogP contribution in [-0.4, -0.2) is 18.1 Å². The number of nitrogens with two attached hydrogens (primary N) is 1. The van der Waals surface area contributed by atoms with Crippen molar-refractivity contribution in [3.05, 3.63) is 78.4 Å². The molecule has 0 aliphatic rings. The number of fused-ring (bicyclic) bond motifs is 1. The number of hydrogen-bond donors (Lipinski definition) is 2. The van der Waals surface area contributed by atoms with E-state index in [1.807, 2.05) is 66.7 Å². The lowest BCUT2D eigenvalue weighted by atomic mass is 10.2. The minimum atomic E-state index is -0.294. The lowest BCUT2D eigenvalue weighted by molar-refractivity contribution is 0.256. The molecule has 0 spiro atoms. The molecule has 2 amide bonds. The third kappa shape index (κ3) is 4.14. The topological polar surface area (TPSA) is 80.5 Å². The van der Waals surface area contributed by atoms with Gasteiger partial charge in [-0.1, -0.05) is 53.8 Å². The highest BCUT2D eigenvalue weighted by Gasteiger charge is 2.20. The van der Waals surface area contributed by atoms with E-state index in [0.717, 1.165) is 21.5 Å². The lowest BCUT2D eigenvalue weighted by Gasteiger charge is -2.24. The van der Waals surface area contributed by atoms with E-state index in [0.29, 0.717) is 23.1 Å². The van der Waals surface area contributed by atoms with Crippen molar-refractivity contribution in [2.24, 2.45) is 0 Å². The average molecular weight is 404 g/mol. The van der Waals surface area contributed by atoms with Gasteiger partial charge in [-0.05, 0) is 35.9 Å². The first-order valence-electron chi connectivity index (χ1n) is 9.05. The summed E-state index contributed by atoms with van der Waals surface area (Å²) in [5, 5.41) is 3.43. The number of rotatable bonds is 5. The van der Waals surface area contributed by atoms with Crippen molar-refractivity contribution in [1.82, 2.24) is 4.98 Å². The molecule has 6 nitrogen and oxygen atoms in total. The molecule has 0 saturated heterocycles. The van der Waals surface area contributed by atoms with E-state index >= 15 is 0 Å². The number of nitrogens with one attached hydrogen (secondary N) is 1. The maximum Gasteiger partial charge on any atom is 0.328 e. The van der Waals surface area contributed by atoms with Gasteiger partial charge in [0.15, 0.2) is 5.13 Å². The maximum absolute atomic E-state index is 13.2. The van der Waals surface area contributed by atoms with E-state index in [1.165, 1.54) is 11.3 Å². The number of para-hydroxylation sites is 2. The second kappa shape index (κ2) is 8.20. The molecule has 4 rings (SSSR count). The molecule has 0 aliphatic heterocycles. The number of amides is 2. The summed E-state index contributed by atoms with van der Waals surface area (Å²) in [5.74, 6) is 0.752. The standard InChI is InChI=1S/C22H20N4O2S/c1-28-16-11-12-18-20(13-16)29-21(24-18)25-22(27)26(14-15-7-3-2-4-8-15)19-10-6-5-9-17(19)23/h2-13H,14,23H2,1H3,(H,24,25,27). The van der Waals surface area contributed by atoms with Gasteiger partial charge < -0.3 is 10.5 Å². The molecule has 0 unspecified atom stereocenters. The number of ether oxygens (including phenoxy) is 1. The first-order valence-corrected chi connectivity index (χ1v) is 9.87. The molecule has 0 bridgehead atoms. The van der Waals surface area contributed by atoms with Crippen LogP contribution in [0.5, 0.6) is 5.75 Å². The molecule has 146 valence electrons. The van der Waals surface area contributed by atoms with Gasteiger partial charge in [0.2, 0.25) is 0 Å². The van der Waals surface area contributed by atoms with Crippen molar-refractivity contribution in [3.63, 3.8) is 0 Å². The summed E-state index contributed by atoms with van der Waals surface area (Å²) >= 11 is 1.40. The SMILES string of the molecule is COc1ccc2nc(NC(=O)N(Cc3ccccc3)c3ccccc3N)sc2c1. The summed E-state index contributed by atoms with van der Waals surface area (Å²) in [6.45, 7) is 0.388. The van der Waals surface area contributed by atoms with E-state index in [-0.39, 0.29) is 6.03 Å². The van der Waals surface area contributed by atoms with Gasteiger partial charge in [-0.25, -0.2) is 9.78 Å². The summed E-state index contributed by atoms with van der Waals surface area (Å²) in [7, 11) is 1.62. The number of nitrogen functional groups attached to an aromatic ring is 1. The molecule has 0 atom stereocenters. The fourth-order valence-electron chi connectivity index (χ4n) is 3.01. The fourth-order valence-corrected chi connectivity index (χ4v) is 3.89. The fraction of sp³-hybridized carbons (Fsp3) is 0.0909. The van der Waals surface area contributed by atoms with E-state index in [9.17, 15) is 4.79 Å². The molecule has 0 fully saturated rings. The van der Waals surface area contributed by atoms with Crippen LogP contribution in [-0.2, 0) is 6.54 Å². The Morgan fingerprint density at radius 2 is 1.86 bits per heavy atom. The van der Waals surface area contributed by atoms with E-state index < -0.39 is 0 Å². The number of carbonyl (C=O) groups excluding carboxylic acids is 1. The molecular weight excluding hydrogens is 384 g/mol. The highest BCUT2D eigenvalue weighted by molar-refractivity contribution is 7.22. The van der Waals surface area contributed by atoms with E-state index in [1.54, 1.807) is 18.1 Å². The van der Waals surface area contributed by atoms with Gasteiger partial charge >= 0.3 is 6.03 Å². The molecule has 1 heterocycles. The number of methoxy groups -OCH3 is 1. The van der Waals surface area contributed by atoms with Crippen LogP contribution >= 0.6 is 11.3 Å². The van der Waals surface area contributed by atoms with Gasteiger partial charge in [-0.2, -0.15) is 0 Å². The molecule has 0 radical (unpaired) electrons. The quantitative estimate of drug-likeness (QED) is 0.452. The lowest BCUT2D eigenvalue weighted by Crippen LogP contribution is -2.35. The van der Waals surface area contributed by atoms with Crippen molar-refractivity contribution in [1.29, 1.82) is 0 Å². The van der Waals surface area contributed by atoms with Gasteiger partial charge in [0.1, 0.15) is 5.75 Å². The van der Waals surface area contributed by atoms with E-state index in [2.05, 4.69) is 10.3 Å². The highest BCUT2D eigenvalue weighted by Crippen LogP contribution is 2.30. The normalized spacial score (nSPS) is 10.7. The highest BCUT2D eigenvalue weighted by atomic mass is 32.1. The summed E-state index contributed by atoms with van der Waals surface area (Å²) in [5.41, 5.74) is 9.14. The van der Waals surface area contributed by atoms with Crippen LogP contribution in [0.15, 0.2) is 72.8 Å². The van der Waals surface area contributed by atoms with E-state index in [4.69, 9.17) is 10.5 Å². The number of hydrogen-bond acceptors (Lipinski definition) is 5. The predicted octanol–water partition coefficient (Wildman–Crippen LogP) is 5.13. The zero-order valence-corrected chi connectivity index (χ0v) is 16.6. The molecule has 0 saturated carbocycles. The van der Waals surface area contributed by atoms with Crippen LogP contribution in [0.1, 0.15) is 5.56 Å². The van der Waals surface area contributed by atoms with Crippen molar-refractivity contribution in [2.45, 2.75) is 6.54 Å². The van der Waals surface area contributed by atoms with Crippen LogP contribution in [0, 0.1) is 0 Å². The number of anilines is 3. The molecule has 7 heteroatoms. The minimum Gasteiger partial charge on any atom is -0.497 e. The first-order chi connectivity index (χ1) is 14.1. The Bertz CT molecular complexity index is 1140. The van der Waals surface area contributed by atoms with Crippen LogP contribution in [0.4, 0.5) is 21.3 Å². The van der Waals surface area contributed by atoms with Crippen LogP contribution in [0.3, 0.4) is 0 Å². The molecule has 0 aliphatic carbocycles. The van der Waals surface area contributed by atoms with Crippen molar-refractivity contribution in [3.8, 4) is 5.75 Å². The second-order valence-electron chi connectivity index (χ2n) is 6.41. The summed E-state index contributed by atoms with van der Waals surface area (Å²) in [4.78, 5) is 19.3. The van der Waals surface area contributed by atoms with Gasteiger partial charge in [-0.15, -0.1) is 0 Å². The Balaban J connectivity index is 1.63. The molecular formula is C22H20N4O2S. The Morgan fingerprint density at radius 1 is 1.10 bits per heavy atom. The van der Waals surface area contributed by atoms with Crippen LogP contribution in [0.2, 0.25) is 0 Å².